The summed E-state index contributed by atoms with van der Waals surface area (Å²) in [5.41, 5.74) is 0. The summed E-state index contributed by atoms with van der Waals surface area (Å²) in [5.74, 6) is -0.400. The lowest BCUT2D eigenvalue weighted by atomic mass is 9.99. The Kier molecular flexibility index (Phi) is 39.7. The molecule has 0 spiro atoms. The summed E-state index contributed by atoms with van der Waals surface area (Å²) in [5, 5.41) is 30.7. The van der Waals surface area contributed by atoms with E-state index in [4.69, 9.17) is 18.9 Å². The molecule has 1 aliphatic rings. The van der Waals surface area contributed by atoms with E-state index in [9.17, 15) is 33.1 Å². The molecule has 372 valence electrons. The van der Waals surface area contributed by atoms with Crippen LogP contribution in [-0.4, -0.2) is 97.5 Å². The average molecular weight is 919 g/mol. The number of aliphatic hydroxyl groups is 3. The molecule has 0 aliphatic carbocycles. The maximum atomic E-state index is 12.9. The second kappa shape index (κ2) is 42.0. The first-order valence-electron chi connectivity index (χ1n) is 25.6. The van der Waals surface area contributed by atoms with Crippen LogP contribution in [0.4, 0.5) is 0 Å². The monoisotopic (exact) mass is 919 g/mol. The fourth-order valence-corrected chi connectivity index (χ4v) is 8.41. The van der Waals surface area contributed by atoms with Crippen LogP contribution in [-0.2, 0) is 38.3 Å². The third-order valence-electron chi connectivity index (χ3n) is 11.8. The van der Waals surface area contributed by atoms with Gasteiger partial charge < -0.3 is 34.3 Å². The van der Waals surface area contributed by atoms with Crippen molar-refractivity contribution in [1.82, 2.24) is 0 Å². The average Bonchev–Trinajstić information content (AvgIpc) is 3.26. The summed E-state index contributed by atoms with van der Waals surface area (Å²) < 4.78 is 59.2. The molecular formula is C50H94O12S. The maximum absolute atomic E-state index is 12.9. The number of ether oxygens (including phenoxy) is 4. The molecule has 1 rings (SSSR count). The molecule has 0 aromatic carbocycles. The van der Waals surface area contributed by atoms with Crippen LogP contribution in [0.1, 0.15) is 226 Å². The van der Waals surface area contributed by atoms with Gasteiger partial charge in [0.05, 0.1) is 19.8 Å². The van der Waals surface area contributed by atoms with Crippen LogP contribution in [0.15, 0.2) is 24.3 Å². The molecule has 12 nitrogen and oxygen atoms in total. The van der Waals surface area contributed by atoms with Crippen LogP contribution in [0.25, 0.3) is 0 Å². The Bertz CT molecular complexity index is 1200. The number of rotatable bonds is 45. The van der Waals surface area contributed by atoms with Gasteiger partial charge in [0.1, 0.15) is 30.5 Å². The Labute approximate surface area is 384 Å². The van der Waals surface area contributed by atoms with Crippen molar-refractivity contribution in [3.63, 3.8) is 0 Å². The fourth-order valence-electron chi connectivity index (χ4n) is 7.90. The zero-order valence-electron chi connectivity index (χ0n) is 39.9. The van der Waals surface area contributed by atoms with Gasteiger partial charge in [-0.05, 0) is 64.2 Å². The van der Waals surface area contributed by atoms with Gasteiger partial charge in [0, 0.05) is 13.0 Å². The molecule has 1 saturated heterocycles. The van der Waals surface area contributed by atoms with Crippen molar-refractivity contribution in [2.75, 3.05) is 26.4 Å². The number of aliphatic hydroxyl groups excluding tert-OH is 3. The van der Waals surface area contributed by atoms with Crippen LogP contribution < -0.4 is 0 Å². The molecule has 1 heterocycles. The Morgan fingerprint density at radius 3 is 1.46 bits per heavy atom. The quantitative estimate of drug-likeness (QED) is 0.0197. The lowest BCUT2D eigenvalue weighted by Crippen LogP contribution is -2.60. The Hall–Kier alpha value is -1.42. The minimum absolute atomic E-state index is 0.0343. The minimum Gasteiger partial charge on any atom is -0.457 e. The first-order chi connectivity index (χ1) is 30.6. The van der Waals surface area contributed by atoms with Gasteiger partial charge >= 0.3 is 16.4 Å². The summed E-state index contributed by atoms with van der Waals surface area (Å²) in [6, 6.07) is 0. The lowest BCUT2D eigenvalue weighted by molar-refractivity contribution is -0.301. The van der Waals surface area contributed by atoms with Crippen molar-refractivity contribution in [3.8, 4) is 0 Å². The number of allylic oxidation sites excluding steroid dienone is 4. The molecule has 13 heteroatoms. The van der Waals surface area contributed by atoms with E-state index in [0.717, 1.165) is 44.9 Å². The van der Waals surface area contributed by atoms with Gasteiger partial charge in [-0.15, -0.1) is 0 Å². The zero-order valence-corrected chi connectivity index (χ0v) is 40.7. The van der Waals surface area contributed by atoms with E-state index < -0.39 is 59.8 Å². The Morgan fingerprint density at radius 1 is 0.587 bits per heavy atom. The van der Waals surface area contributed by atoms with Crippen molar-refractivity contribution in [3.05, 3.63) is 24.3 Å². The summed E-state index contributed by atoms with van der Waals surface area (Å²) in [6.45, 7) is 3.98. The molecule has 0 saturated carbocycles. The van der Waals surface area contributed by atoms with Gasteiger partial charge in [-0.25, -0.2) is 4.18 Å². The topological polar surface area (TPSA) is 178 Å². The Morgan fingerprint density at radius 2 is 1.00 bits per heavy atom. The van der Waals surface area contributed by atoms with E-state index in [0.29, 0.717) is 13.0 Å². The molecule has 0 amide bonds. The molecule has 4 N–H and O–H groups in total. The van der Waals surface area contributed by atoms with Gasteiger partial charge in [0.2, 0.25) is 0 Å². The number of hydrogen-bond donors (Lipinski definition) is 4. The highest BCUT2D eigenvalue weighted by atomic mass is 32.3. The van der Waals surface area contributed by atoms with Gasteiger partial charge in [0.25, 0.3) is 0 Å². The highest BCUT2D eigenvalue weighted by Crippen LogP contribution is 2.26. The van der Waals surface area contributed by atoms with Crippen molar-refractivity contribution >= 4 is 16.4 Å². The van der Waals surface area contributed by atoms with Crippen molar-refractivity contribution in [2.45, 2.75) is 263 Å². The number of carbonyl (C=O) groups excluding carboxylic acids is 1. The predicted molar refractivity (Wildman–Crippen MR) is 253 cm³/mol. The van der Waals surface area contributed by atoms with E-state index in [-0.39, 0.29) is 19.6 Å². The van der Waals surface area contributed by atoms with Crippen molar-refractivity contribution < 1.29 is 56.2 Å². The third kappa shape index (κ3) is 35.4. The van der Waals surface area contributed by atoms with Gasteiger partial charge in [-0.1, -0.05) is 179 Å². The van der Waals surface area contributed by atoms with Gasteiger partial charge in [0.15, 0.2) is 6.29 Å². The predicted octanol–water partition coefficient (Wildman–Crippen LogP) is 11.6. The maximum Gasteiger partial charge on any atom is 0.397 e. The lowest BCUT2D eigenvalue weighted by Gasteiger charge is -2.41. The smallest absolute Gasteiger partial charge is 0.397 e. The zero-order chi connectivity index (χ0) is 46.1. The molecule has 1 fully saturated rings. The van der Waals surface area contributed by atoms with E-state index in [1.165, 1.54) is 154 Å². The van der Waals surface area contributed by atoms with Gasteiger partial charge in [-0.3, -0.25) is 9.35 Å². The fraction of sp³-hybridized carbons (Fsp3) is 0.900. The minimum atomic E-state index is -5.06. The molecule has 0 aromatic rings. The largest absolute Gasteiger partial charge is 0.457 e. The van der Waals surface area contributed by atoms with E-state index in [1.54, 1.807) is 0 Å². The number of unbranched alkanes of at least 4 members (excludes halogenated alkanes) is 28. The van der Waals surface area contributed by atoms with Crippen LogP contribution in [0.5, 0.6) is 0 Å². The summed E-state index contributed by atoms with van der Waals surface area (Å²) >= 11 is 0. The molecule has 0 radical (unpaired) electrons. The summed E-state index contributed by atoms with van der Waals surface area (Å²) in [6.07, 6.45) is 39.3. The van der Waals surface area contributed by atoms with Crippen LogP contribution >= 0.6 is 0 Å². The highest BCUT2D eigenvalue weighted by molar-refractivity contribution is 7.80. The first kappa shape index (κ1) is 59.6. The van der Waals surface area contributed by atoms with E-state index in [2.05, 4.69) is 42.3 Å². The number of hydrogen-bond acceptors (Lipinski definition) is 11. The SMILES string of the molecule is CCCCC/C=C\CCCCCCCCOCC(COC1OC(CO)C(O)C(OS(=O)(=O)O)C1O)OC(=O)CCCCCCCCCCCCC/C=C\CCCCCCCCCC. The first-order valence-corrected chi connectivity index (χ1v) is 27.0. The second-order valence-corrected chi connectivity index (χ2v) is 18.8. The van der Waals surface area contributed by atoms with E-state index in [1.807, 2.05) is 0 Å². The molecule has 1 aliphatic heterocycles. The number of esters is 1. The molecule has 63 heavy (non-hydrogen) atoms. The van der Waals surface area contributed by atoms with Crippen LogP contribution in [0.2, 0.25) is 0 Å². The summed E-state index contributed by atoms with van der Waals surface area (Å²) in [4.78, 5) is 12.9. The standard InChI is InChI=1S/C50H94O12S/c1-3-5-7-9-11-13-15-17-18-19-20-21-22-23-24-25-26-27-29-31-33-35-37-39-46(52)60-44(42-58-40-38-36-34-32-30-28-16-14-12-10-8-6-4-2)43-59-50-48(54)49(62-63(55,56)57)47(53)45(41-51)61-50/h12,14,19-20,44-45,47-51,53-54H,3-11,13,15-18,21-43H2,1-2H3,(H,55,56,57)/b14-12-,20-19-. The van der Waals surface area contributed by atoms with Crippen LogP contribution in [0.3, 0.4) is 0 Å². The Balaban J connectivity index is 2.32. The van der Waals surface area contributed by atoms with Gasteiger partial charge in [-0.2, -0.15) is 8.42 Å². The molecule has 6 atom stereocenters. The highest BCUT2D eigenvalue weighted by Gasteiger charge is 2.48. The normalized spacial score (nSPS) is 20.0. The molecule has 6 unspecified atom stereocenters. The summed E-state index contributed by atoms with van der Waals surface area (Å²) in [7, 11) is -5.06. The molecular weight excluding hydrogens is 825 g/mol. The number of carbonyl (C=O) groups is 1. The van der Waals surface area contributed by atoms with Crippen LogP contribution in [0, 0.1) is 0 Å². The second-order valence-electron chi connectivity index (χ2n) is 17.8. The molecule has 0 bridgehead atoms. The molecule has 0 aromatic heterocycles. The third-order valence-corrected chi connectivity index (χ3v) is 12.3. The van der Waals surface area contributed by atoms with E-state index >= 15 is 0 Å². The van der Waals surface area contributed by atoms with Crippen molar-refractivity contribution in [2.24, 2.45) is 0 Å². The van der Waals surface area contributed by atoms with Crippen molar-refractivity contribution in [1.29, 1.82) is 0 Å².